The van der Waals surface area contributed by atoms with E-state index < -0.39 is 0 Å². The van der Waals surface area contributed by atoms with E-state index in [2.05, 4.69) is 13.8 Å². The lowest BCUT2D eigenvalue weighted by atomic mass is 9.45. The summed E-state index contributed by atoms with van der Waals surface area (Å²) < 4.78 is 0. The lowest BCUT2D eigenvalue weighted by Gasteiger charge is -2.61. The second-order valence-corrected chi connectivity index (χ2v) is 5.45. The minimum atomic E-state index is 0.304. The molecule has 13 heavy (non-hydrogen) atoms. The molecule has 0 saturated heterocycles. The molecule has 3 rings (SSSR count). The van der Waals surface area contributed by atoms with Gasteiger partial charge in [0.2, 0.25) is 0 Å². The number of rotatable bonds is 2. The number of hydrogen-bond donors (Lipinski definition) is 2. The van der Waals surface area contributed by atoms with Gasteiger partial charge < -0.3 is 10.8 Å². The van der Waals surface area contributed by atoms with Crippen LogP contribution in [0.2, 0.25) is 0 Å². The Morgan fingerprint density at radius 1 is 1.38 bits per heavy atom. The van der Waals surface area contributed by atoms with Gasteiger partial charge in [-0.2, -0.15) is 0 Å². The van der Waals surface area contributed by atoms with E-state index in [1.807, 2.05) is 0 Å². The zero-order valence-electron chi connectivity index (χ0n) is 8.66. The zero-order chi connectivity index (χ0) is 9.64. The fraction of sp³-hybridized carbons (Fsp3) is 1.00. The summed E-state index contributed by atoms with van der Waals surface area (Å²) in [6.07, 6.45) is 3.48. The van der Waals surface area contributed by atoms with Crippen molar-refractivity contribution in [3.63, 3.8) is 0 Å². The minimum Gasteiger partial charge on any atom is -0.396 e. The van der Waals surface area contributed by atoms with E-state index in [1.54, 1.807) is 0 Å². The molecule has 4 atom stereocenters. The molecule has 2 heteroatoms. The predicted octanol–water partition coefficient (Wildman–Crippen LogP) is 1.38. The van der Waals surface area contributed by atoms with Crippen LogP contribution in [-0.2, 0) is 0 Å². The van der Waals surface area contributed by atoms with Gasteiger partial charge in [-0.3, -0.25) is 0 Å². The van der Waals surface area contributed by atoms with Crippen LogP contribution in [0, 0.1) is 23.2 Å². The Morgan fingerprint density at radius 2 is 2.08 bits per heavy atom. The fourth-order valence-electron chi connectivity index (χ4n) is 3.44. The highest BCUT2D eigenvalue weighted by atomic mass is 16.3. The summed E-state index contributed by atoms with van der Waals surface area (Å²) in [6, 6.07) is 0.340. The Balaban J connectivity index is 2.03. The fourth-order valence-corrected chi connectivity index (χ4v) is 3.44. The third-order valence-electron chi connectivity index (χ3n) is 4.64. The standard InChI is InChI=1S/C11H21NO/c1-11(2)8-5-7(3-4-13)10(12)9(11)6-8/h7-10,13H,3-6,12H2,1-2H3. The first-order chi connectivity index (χ1) is 6.07. The van der Waals surface area contributed by atoms with Crippen LogP contribution in [0.3, 0.4) is 0 Å². The molecule has 3 aliphatic carbocycles. The van der Waals surface area contributed by atoms with Crippen molar-refractivity contribution < 1.29 is 5.11 Å². The number of hydrogen-bond acceptors (Lipinski definition) is 2. The highest BCUT2D eigenvalue weighted by Gasteiger charge is 2.56. The highest BCUT2D eigenvalue weighted by molar-refractivity contribution is 5.07. The quantitative estimate of drug-likeness (QED) is 0.679. The Morgan fingerprint density at radius 3 is 2.54 bits per heavy atom. The molecule has 0 spiro atoms. The maximum Gasteiger partial charge on any atom is 0.0434 e. The third kappa shape index (κ3) is 1.23. The Kier molecular flexibility index (Phi) is 2.16. The van der Waals surface area contributed by atoms with E-state index in [9.17, 15) is 0 Å². The molecule has 2 nitrogen and oxygen atoms in total. The Hall–Kier alpha value is -0.0800. The molecule has 76 valence electrons. The van der Waals surface area contributed by atoms with Crippen LogP contribution < -0.4 is 5.73 Å². The maximum atomic E-state index is 8.91. The first kappa shape index (κ1) is 9.47. The van der Waals surface area contributed by atoms with E-state index in [0.29, 0.717) is 29.9 Å². The molecule has 4 unspecified atom stereocenters. The molecule has 3 N–H and O–H groups in total. The van der Waals surface area contributed by atoms with Crippen LogP contribution in [0.5, 0.6) is 0 Å². The van der Waals surface area contributed by atoms with E-state index in [-0.39, 0.29) is 0 Å². The average molecular weight is 183 g/mol. The maximum absolute atomic E-state index is 8.91. The molecule has 0 heterocycles. The van der Waals surface area contributed by atoms with Crippen molar-refractivity contribution in [1.82, 2.24) is 0 Å². The summed E-state index contributed by atoms with van der Waals surface area (Å²) in [5.41, 5.74) is 6.69. The summed E-state index contributed by atoms with van der Waals surface area (Å²) in [5.74, 6) is 2.17. The number of aliphatic hydroxyl groups excluding tert-OH is 1. The van der Waals surface area contributed by atoms with Gasteiger partial charge in [-0.05, 0) is 42.4 Å². The van der Waals surface area contributed by atoms with Gasteiger partial charge in [-0.1, -0.05) is 13.8 Å². The van der Waals surface area contributed by atoms with E-state index in [4.69, 9.17) is 10.8 Å². The smallest absolute Gasteiger partial charge is 0.0434 e. The summed E-state index contributed by atoms with van der Waals surface area (Å²) in [6.45, 7) is 5.00. The SMILES string of the molecule is CC1(C)C2CC(CCO)C(N)C1C2. The lowest BCUT2D eigenvalue weighted by Crippen LogP contribution is -2.61. The van der Waals surface area contributed by atoms with Gasteiger partial charge in [0.1, 0.15) is 0 Å². The normalized spacial score (nSPS) is 47.1. The van der Waals surface area contributed by atoms with E-state index in [1.165, 1.54) is 12.8 Å². The summed E-state index contributed by atoms with van der Waals surface area (Å²) in [5, 5.41) is 8.91. The van der Waals surface area contributed by atoms with Crippen LogP contribution >= 0.6 is 0 Å². The van der Waals surface area contributed by atoms with Crippen LogP contribution in [0.4, 0.5) is 0 Å². The largest absolute Gasteiger partial charge is 0.396 e. The van der Waals surface area contributed by atoms with Crippen molar-refractivity contribution in [2.45, 2.75) is 39.2 Å². The third-order valence-corrected chi connectivity index (χ3v) is 4.64. The molecule has 0 aromatic heterocycles. The van der Waals surface area contributed by atoms with Gasteiger partial charge in [-0.15, -0.1) is 0 Å². The molecule has 0 aliphatic heterocycles. The molecule has 3 aliphatic rings. The molecule has 0 radical (unpaired) electrons. The first-order valence-corrected chi connectivity index (χ1v) is 5.43. The summed E-state index contributed by atoms with van der Waals surface area (Å²) in [7, 11) is 0. The van der Waals surface area contributed by atoms with Crippen LogP contribution in [0.1, 0.15) is 33.1 Å². The van der Waals surface area contributed by atoms with Crippen molar-refractivity contribution in [2.75, 3.05) is 6.61 Å². The molecule has 2 bridgehead atoms. The van der Waals surface area contributed by atoms with Crippen LogP contribution in [-0.4, -0.2) is 17.8 Å². The molecular weight excluding hydrogens is 162 g/mol. The number of fused-ring (bicyclic) bond motifs is 2. The van der Waals surface area contributed by atoms with Crippen molar-refractivity contribution in [1.29, 1.82) is 0 Å². The second-order valence-electron chi connectivity index (χ2n) is 5.45. The topological polar surface area (TPSA) is 46.2 Å². The van der Waals surface area contributed by atoms with Crippen molar-refractivity contribution >= 4 is 0 Å². The summed E-state index contributed by atoms with van der Waals surface area (Å²) >= 11 is 0. The zero-order valence-corrected chi connectivity index (χ0v) is 8.66. The van der Waals surface area contributed by atoms with Gasteiger partial charge in [0, 0.05) is 12.6 Å². The number of nitrogens with two attached hydrogens (primary N) is 1. The van der Waals surface area contributed by atoms with Crippen molar-refractivity contribution in [3.05, 3.63) is 0 Å². The molecule has 0 amide bonds. The van der Waals surface area contributed by atoms with E-state index in [0.717, 1.165) is 12.3 Å². The molecule has 0 aromatic carbocycles. The van der Waals surface area contributed by atoms with Crippen LogP contribution in [0.15, 0.2) is 0 Å². The Bertz CT molecular complexity index is 202. The predicted molar refractivity (Wildman–Crippen MR) is 53.2 cm³/mol. The minimum absolute atomic E-state index is 0.304. The summed E-state index contributed by atoms with van der Waals surface area (Å²) in [4.78, 5) is 0. The van der Waals surface area contributed by atoms with Gasteiger partial charge in [0.25, 0.3) is 0 Å². The van der Waals surface area contributed by atoms with E-state index >= 15 is 0 Å². The van der Waals surface area contributed by atoms with Gasteiger partial charge >= 0.3 is 0 Å². The van der Waals surface area contributed by atoms with Gasteiger partial charge in [0.05, 0.1) is 0 Å². The molecule has 3 fully saturated rings. The first-order valence-electron chi connectivity index (χ1n) is 5.43. The average Bonchev–Trinajstić information content (AvgIpc) is 2.08. The van der Waals surface area contributed by atoms with Crippen molar-refractivity contribution in [3.8, 4) is 0 Å². The van der Waals surface area contributed by atoms with Crippen molar-refractivity contribution in [2.24, 2.45) is 28.9 Å². The Labute approximate surface area is 80.5 Å². The van der Waals surface area contributed by atoms with Gasteiger partial charge in [0.15, 0.2) is 0 Å². The number of aliphatic hydroxyl groups is 1. The van der Waals surface area contributed by atoms with Gasteiger partial charge in [-0.25, -0.2) is 0 Å². The monoisotopic (exact) mass is 183 g/mol. The molecular formula is C11H21NO. The van der Waals surface area contributed by atoms with Crippen LogP contribution in [0.25, 0.3) is 0 Å². The molecule has 0 aromatic rings. The molecule has 3 saturated carbocycles. The lowest BCUT2D eigenvalue weighted by molar-refractivity contribution is -0.107. The highest BCUT2D eigenvalue weighted by Crippen LogP contribution is 2.60. The second kappa shape index (κ2) is 2.96.